The maximum absolute atomic E-state index is 11.7. The minimum atomic E-state index is -0.0695. The van der Waals surface area contributed by atoms with Gasteiger partial charge in [-0.25, -0.2) is 0 Å². The second-order valence-corrected chi connectivity index (χ2v) is 8.06. The number of hydrogen-bond acceptors (Lipinski definition) is 9. The van der Waals surface area contributed by atoms with Crippen molar-refractivity contribution in [3.05, 3.63) is 54.3 Å². The van der Waals surface area contributed by atoms with Gasteiger partial charge in [-0.1, -0.05) is 0 Å². The van der Waals surface area contributed by atoms with Gasteiger partial charge in [0.15, 0.2) is 11.4 Å². The molecule has 11 nitrogen and oxygen atoms in total. The zero-order valence-corrected chi connectivity index (χ0v) is 18.9. The van der Waals surface area contributed by atoms with E-state index in [1.54, 1.807) is 13.3 Å². The molecule has 4 heterocycles. The van der Waals surface area contributed by atoms with Crippen molar-refractivity contribution in [2.75, 3.05) is 62.3 Å². The van der Waals surface area contributed by atoms with E-state index in [9.17, 15) is 4.79 Å². The van der Waals surface area contributed by atoms with E-state index in [1.807, 2.05) is 42.5 Å². The molecule has 1 aliphatic rings. The van der Waals surface area contributed by atoms with E-state index in [4.69, 9.17) is 10.2 Å². The Bertz CT molecular complexity index is 1260. The maximum atomic E-state index is 11.7. The van der Waals surface area contributed by atoms with Gasteiger partial charge in [0.1, 0.15) is 5.69 Å². The van der Waals surface area contributed by atoms with Gasteiger partial charge in [-0.2, -0.15) is 19.6 Å². The number of nitrogens with one attached hydrogen (secondary N) is 2. The molecule has 0 atom stereocenters. The monoisotopic (exact) mass is 461 g/mol. The van der Waals surface area contributed by atoms with Crippen LogP contribution < -0.4 is 21.3 Å². The third-order valence-electron chi connectivity index (χ3n) is 5.93. The number of nitrogen functional groups attached to an aromatic ring is 1. The first-order valence-corrected chi connectivity index (χ1v) is 11.2. The van der Waals surface area contributed by atoms with Crippen LogP contribution in [0, 0.1) is 0 Å². The SMILES string of the molecule is CNC(=O)c1ccc(N2CCN(CCNc3nc(N)n4nc(-c5ccco5)cc4n3)CC2)cc1. The fourth-order valence-corrected chi connectivity index (χ4v) is 4.06. The molecule has 3 aromatic heterocycles. The molecule has 1 aliphatic heterocycles. The molecule has 0 saturated carbocycles. The van der Waals surface area contributed by atoms with E-state index in [0.717, 1.165) is 38.4 Å². The van der Waals surface area contributed by atoms with Crippen LogP contribution in [0.2, 0.25) is 0 Å². The minimum Gasteiger partial charge on any atom is -0.463 e. The number of aromatic nitrogens is 4. The number of fused-ring (bicyclic) bond motifs is 1. The van der Waals surface area contributed by atoms with Crippen LogP contribution in [0.1, 0.15) is 10.4 Å². The van der Waals surface area contributed by atoms with Crippen molar-refractivity contribution in [1.29, 1.82) is 0 Å². The summed E-state index contributed by atoms with van der Waals surface area (Å²) in [6, 6.07) is 13.2. The molecular formula is C23H27N9O2. The van der Waals surface area contributed by atoms with Crippen LogP contribution >= 0.6 is 0 Å². The van der Waals surface area contributed by atoms with Crippen molar-refractivity contribution in [2.45, 2.75) is 0 Å². The lowest BCUT2D eigenvalue weighted by Gasteiger charge is -2.36. The molecule has 0 spiro atoms. The van der Waals surface area contributed by atoms with Crippen molar-refractivity contribution >= 4 is 29.1 Å². The van der Waals surface area contributed by atoms with Gasteiger partial charge in [-0.15, -0.1) is 0 Å². The summed E-state index contributed by atoms with van der Waals surface area (Å²) >= 11 is 0. The Morgan fingerprint density at radius 3 is 2.62 bits per heavy atom. The summed E-state index contributed by atoms with van der Waals surface area (Å²) in [4.78, 5) is 25.3. The molecular weight excluding hydrogens is 434 g/mol. The summed E-state index contributed by atoms with van der Waals surface area (Å²) in [6.45, 7) is 5.34. The van der Waals surface area contributed by atoms with Gasteiger partial charge < -0.3 is 25.7 Å². The predicted octanol–water partition coefficient (Wildman–Crippen LogP) is 1.56. The molecule has 0 bridgehead atoms. The van der Waals surface area contributed by atoms with Crippen LogP contribution in [0.5, 0.6) is 0 Å². The lowest BCUT2D eigenvalue weighted by Crippen LogP contribution is -2.47. The normalized spacial score (nSPS) is 14.4. The average molecular weight is 462 g/mol. The Labute approximate surface area is 196 Å². The van der Waals surface area contributed by atoms with E-state index in [1.165, 1.54) is 4.52 Å². The highest BCUT2D eigenvalue weighted by Gasteiger charge is 2.18. The molecule has 0 aliphatic carbocycles. The molecule has 1 aromatic carbocycles. The average Bonchev–Trinajstić information content (AvgIpc) is 3.55. The Morgan fingerprint density at radius 2 is 1.91 bits per heavy atom. The lowest BCUT2D eigenvalue weighted by atomic mass is 10.1. The van der Waals surface area contributed by atoms with Crippen LogP contribution in [0.25, 0.3) is 17.1 Å². The number of carbonyl (C=O) groups excluding carboxylic acids is 1. The quantitative estimate of drug-likeness (QED) is 0.375. The predicted molar refractivity (Wildman–Crippen MR) is 130 cm³/mol. The molecule has 1 amide bonds. The molecule has 5 rings (SSSR count). The second-order valence-electron chi connectivity index (χ2n) is 8.06. The molecule has 34 heavy (non-hydrogen) atoms. The van der Waals surface area contributed by atoms with Crippen molar-refractivity contribution in [2.24, 2.45) is 0 Å². The van der Waals surface area contributed by atoms with Gasteiger partial charge in [0.05, 0.1) is 6.26 Å². The summed E-state index contributed by atoms with van der Waals surface area (Å²) in [5.74, 6) is 1.33. The Balaban J connectivity index is 1.13. The van der Waals surface area contributed by atoms with Gasteiger partial charge in [-0.3, -0.25) is 9.69 Å². The summed E-state index contributed by atoms with van der Waals surface area (Å²) in [6.07, 6.45) is 1.60. The van der Waals surface area contributed by atoms with Crippen LogP contribution in [0.15, 0.2) is 53.1 Å². The van der Waals surface area contributed by atoms with Crippen LogP contribution in [-0.4, -0.2) is 76.7 Å². The third-order valence-corrected chi connectivity index (χ3v) is 5.93. The van der Waals surface area contributed by atoms with Gasteiger partial charge in [0.2, 0.25) is 11.9 Å². The van der Waals surface area contributed by atoms with Gasteiger partial charge in [0, 0.05) is 63.6 Å². The van der Waals surface area contributed by atoms with E-state index >= 15 is 0 Å². The van der Waals surface area contributed by atoms with Gasteiger partial charge in [0.25, 0.3) is 5.91 Å². The van der Waals surface area contributed by atoms with Gasteiger partial charge in [-0.05, 0) is 36.4 Å². The first-order valence-electron chi connectivity index (χ1n) is 11.2. The van der Waals surface area contributed by atoms with Crippen LogP contribution in [-0.2, 0) is 0 Å². The number of nitrogens with two attached hydrogens (primary N) is 1. The van der Waals surface area contributed by atoms with E-state index in [2.05, 4.69) is 35.5 Å². The molecule has 0 radical (unpaired) electrons. The first kappa shape index (κ1) is 21.7. The number of anilines is 3. The van der Waals surface area contributed by atoms with Crippen LogP contribution in [0.4, 0.5) is 17.6 Å². The zero-order chi connectivity index (χ0) is 23.5. The summed E-state index contributed by atoms with van der Waals surface area (Å²) in [5, 5.41) is 10.3. The number of rotatable bonds is 7. The van der Waals surface area contributed by atoms with Crippen molar-refractivity contribution < 1.29 is 9.21 Å². The molecule has 176 valence electrons. The number of carbonyl (C=O) groups is 1. The Kier molecular flexibility index (Phi) is 6.00. The number of piperazine rings is 1. The lowest BCUT2D eigenvalue weighted by molar-refractivity contribution is 0.0963. The van der Waals surface area contributed by atoms with Crippen molar-refractivity contribution in [3.8, 4) is 11.5 Å². The number of furan rings is 1. The van der Waals surface area contributed by atoms with E-state index < -0.39 is 0 Å². The Hall–Kier alpha value is -4.12. The highest BCUT2D eigenvalue weighted by Crippen LogP contribution is 2.21. The topological polar surface area (TPSA) is 130 Å². The fraction of sp³-hybridized carbons (Fsp3) is 0.304. The zero-order valence-electron chi connectivity index (χ0n) is 18.9. The Morgan fingerprint density at radius 1 is 1.12 bits per heavy atom. The molecule has 1 saturated heterocycles. The highest BCUT2D eigenvalue weighted by molar-refractivity contribution is 5.94. The van der Waals surface area contributed by atoms with E-state index in [0.29, 0.717) is 35.2 Å². The van der Waals surface area contributed by atoms with Crippen molar-refractivity contribution in [1.82, 2.24) is 29.8 Å². The van der Waals surface area contributed by atoms with Gasteiger partial charge >= 0.3 is 0 Å². The third kappa shape index (κ3) is 4.50. The second kappa shape index (κ2) is 9.40. The number of amides is 1. The molecule has 0 unspecified atom stereocenters. The van der Waals surface area contributed by atoms with E-state index in [-0.39, 0.29) is 11.9 Å². The standard InChI is InChI=1S/C23H27N9O2/c1-25-21(33)16-4-6-17(7-5-16)31-12-10-30(11-13-31)9-8-26-23-27-20-15-18(19-3-2-14-34-19)29-32(20)22(24)28-23/h2-7,14-15H,8-13H2,1H3,(H,25,33)(H3,24,26,27,28). The fourth-order valence-electron chi connectivity index (χ4n) is 4.06. The van der Waals surface area contributed by atoms with Crippen LogP contribution in [0.3, 0.4) is 0 Å². The first-order chi connectivity index (χ1) is 16.6. The summed E-state index contributed by atoms with van der Waals surface area (Å²) in [7, 11) is 1.64. The smallest absolute Gasteiger partial charge is 0.251 e. The molecule has 11 heteroatoms. The largest absolute Gasteiger partial charge is 0.463 e. The molecule has 4 aromatic rings. The maximum Gasteiger partial charge on any atom is 0.251 e. The number of nitrogens with zero attached hydrogens (tertiary/aromatic N) is 6. The summed E-state index contributed by atoms with van der Waals surface area (Å²) < 4.78 is 6.90. The molecule has 1 fully saturated rings. The van der Waals surface area contributed by atoms with Crippen molar-refractivity contribution in [3.63, 3.8) is 0 Å². The summed E-state index contributed by atoms with van der Waals surface area (Å²) in [5.41, 5.74) is 9.16. The highest BCUT2D eigenvalue weighted by atomic mass is 16.3. The number of benzene rings is 1. The number of hydrogen-bond donors (Lipinski definition) is 3. The molecule has 4 N–H and O–H groups in total. The minimum absolute atomic E-state index is 0.0695.